The van der Waals surface area contributed by atoms with Crippen LogP contribution < -0.4 is 10.6 Å². The molecule has 0 bridgehead atoms. The molecule has 0 unspecified atom stereocenters. The van der Waals surface area contributed by atoms with Crippen LogP contribution in [0.25, 0.3) is 0 Å². The SMILES string of the molecule is CC(=O)Nc1ccc(CCNCc2ccccc2)cc1. The first-order valence-corrected chi connectivity index (χ1v) is 6.85. The lowest BCUT2D eigenvalue weighted by Crippen LogP contribution is -2.16. The molecule has 0 aliphatic heterocycles. The number of carbonyl (C=O) groups excluding carboxylic acids is 1. The fraction of sp³-hybridized carbons (Fsp3) is 0.235. The molecule has 104 valence electrons. The van der Waals surface area contributed by atoms with Crippen LogP contribution >= 0.6 is 0 Å². The molecule has 2 aromatic carbocycles. The molecule has 0 fully saturated rings. The van der Waals surface area contributed by atoms with E-state index in [-0.39, 0.29) is 5.91 Å². The van der Waals surface area contributed by atoms with E-state index in [1.807, 2.05) is 18.2 Å². The Morgan fingerprint density at radius 2 is 1.65 bits per heavy atom. The van der Waals surface area contributed by atoms with Crippen molar-refractivity contribution in [2.45, 2.75) is 19.9 Å². The minimum absolute atomic E-state index is 0.0396. The van der Waals surface area contributed by atoms with Gasteiger partial charge in [0, 0.05) is 19.2 Å². The Labute approximate surface area is 120 Å². The number of hydrogen-bond donors (Lipinski definition) is 2. The molecule has 0 aliphatic rings. The van der Waals surface area contributed by atoms with Crippen molar-refractivity contribution in [1.82, 2.24) is 5.32 Å². The van der Waals surface area contributed by atoms with Gasteiger partial charge >= 0.3 is 0 Å². The van der Waals surface area contributed by atoms with Gasteiger partial charge in [0.1, 0.15) is 0 Å². The van der Waals surface area contributed by atoms with E-state index in [2.05, 4.69) is 47.0 Å². The van der Waals surface area contributed by atoms with E-state index in [1.165, 1.54) is 18.1 Å². The Kier molecular flexibility index (Phi) is 5.33. The number of amides is 1. The topological polar surface area (TPSA) is 41.1 Å². The molecule has 2 N–H and O–H groups in total. The zero-order chi connectivity index (χ0) is 14.2. The van der Waals surface area contributed by atoms with Gasteiger partial charge in [-0.1, -0.05) is 42.5 Å². The van der Waals surface area contributed by atoms with E-state index in [0.29, 0.717) is 0 Å². The first-order valence-electron chi connectivity index (χ1n) is 6.85. The van der Waals surface area contributed by atoms with Crippen LogP contribution in [-0.2, 0) is 17.8 Å². The van der Waals surface area contributed by atoms with Gasteiger partial charge in [-0.25, -0.2) is 0 Å². The van der Waals surface area contributed by atoms with E-state index in [4.69, 9.17) is 0 Å². The van der Waals surface area contributed by atoms with Gasteiger partial charge in [-0.15, -0.1) is 0 Å². The molecule has 0 heterocycles. The number of carbonyl (C=O) groups is 1. The maximum absolute atomic E-state index is 10.9. The van der Waals surface area contributed by atoms with Crippen molar-refractivity contribution < 1.29 is 4.79 Å². The van der Waals surface area contributed by atoms with E-state index in [0.717, 1.165) is 25.2 Å². The fourth-order valence-electron chi connectivity index (χ4n) is 2.02. The molecule has 20 heavy (non-hydrogen) atoms. The number of nitrogens with one attached hydrogen (secondary N) is 2. The quantitative estimate of drug-likeness (QED) is 0.791. The summed E-state index contributed by atoms with van der Waals surface area (Å²) in [5.41, 5.74) is 3.41. The summed E-state index contributed by atoms with van der Waals surface area (Å²) >= 11 is 0. The molecule has 0 atom stereocenters. The Morgan fingerprint density at radius 1 is 0.950 bits per heavy atom. The molecule has 0 aromatic heterocycles. The van der Waals surface area contributed by atoms with Crippen LogP contribution in [0.3, 0.4) is 0 Å². The molecule has 0 saturated carbocycles. The third kappa shape index (κ3) is 4.86. The number of rotatable bonds is 6. The monoisotopic (exact) mass is 268 g/mol. The molecule has 3 nitrogen and oxygen atoms in total. The maximum Gasteiger partial charge on any atom is 0.221 e. The van der Waals surface area contributed by atoms with Gasteiger partial charge in [-0.2, -0.15) is 0 Å². The standard InChI is InChI=1S/C17H20N2O/c1-14(20)19-17-9-7-15(8-10-17)11-12-18-13-16-5-3-2-4-6-16/h2-10,18H,11-13H2,1H3,(H,19,20). The second-order valence-corrected chi connectivity index (χ2v) is 4.79. The average molecular weight is 268 g/mol. The Hall–Kier alpha value is -2.13. The number of benzene rings is 2. The summed E-state index contributed by atoms with van der Waals surface area (Å²) in [6, 6.07) is 18.4. The van der Waals surface area contributed by atoms with Crippen molar-refractivity contribution in [3.8, 4) is 0 Å². The highest BCUT2D eigenvalue weighted by molar-refractivity contribution is 5.88. The predicted molar refractivity (Wildman–Crippen MR) is 82.6 cm³/mol. The highest BCUT2D eigenvalue weighted by atomic mass is 16.1. The Bertz CT molecular complexity index is 535. The van der Waals surface area contributed by atoms with Gasteiger partial charge in [-0.3, -0.25) is 4.79 Å². The Balaban J connectivity index is 1.73. The largest absolute Gasteiger partial charge is 0.326 e. The lowest BCUT2D eigenvalue weighted by atomic mass is 10.1. The van der Waals surface area contributed by atoms with E-state index < -0.39 is 0 Å². The van der Waals surface area contributed by atoms with Gasteiger partial charge < -0.3 is 10.6 Å². The summed E-state index contributed by atoms with van der Waals surface area (Å²) in [6.07, 6.45) is 0.979. The molecule has 2 aromatic rings. The zero-order valence-electron chi connectivity index (χ0n) is 11.7. The van der Waals surface area contributed by atoms with Gasteiger partial charge in [0.15, 0.2) is 0 Å². The summed E-state index contributed by atoms with van der Waals surface area (Å²) in [6.45, 7) is 3.35. The zero-order valence-corrected chi connectivity index (χ0v) is 11.7. The molecule has 0 aliphatic carbocycles. The first kappa shape index (κ1) is 14.3. The van der Waals surface area contributed by atoms with Crippen LogP contribution in [0.5, 0.6) is 0 Å². The van der Waals surface area contributed by atoms with E-state index >= 15 is 0 Å². The van der Waals surface area contributed by atoms with Crippen molar-refractivity contribution in [1.29, 1.82) is 0 Å². The fourth-order valence-corrected chi connectivity index (χ4v) is 2.02. The van der Waals surface area contributed by atoms with Crippen molar-refractivity contribution in [2.24, 2.45) is 0 Å². The third-order valence-corrected chi connectivity index (χ3v) is 3.04. The average Bonchev–Trinajstić information content (AvgIpc) is 2.46. The molecule has 0 radical (unpaired) electrons. The second kappa shape index (κ2) is 7.46. The van der Waals surface area contributed by atoms with Gasteiger partial charge in [0.25, 0.3) is 0 Å². The van der Waals surface area contributed by atoms with Crippen molar-refractivity contribution in [2.75, 3.05) is 11.9 Å². The lowest BCUT2D eigenvalue weighted by Gasteiger charge is -2.06. The molecule has 0 saturated heterocycles. The summed E-state index contributed by atoms with van der Waals surface area (Å²) in [4.78, 5) is 10.9. The summed E-state index contributed by atoms with van der Waals surface area (Å²) in [5.74, 6) is -0.0396. The van der Waals surface area contributed by atoms with Crippen molar-refractivity contribution in [3.63, 3.8) is 0 Å². The van der Waals surface area contributed by atoms with Gasteiger partial charge in [0.2, 0.25) is 5.91 Å². The molecule has 0 spiro atoms. The predicted octanol–water partition coefficient (Wildman–Crippen LogP) is 2.98. The number of anilines is 1. The number of hydrogen-bond acceptors (Lipinski definition) is 2. The molecule has 3 heteroatoms. The third-order valence-electron chi connectivity index (χ3n) is 3.04. The van der Waals surface area contributed by atoms with Crippen LogP contribution in [0.15, 0.2) is 54.6 Å². The van der Waals surface area contributed by atoms with Crippen LogP contribution in [0.4, 0.5) is 5.69 Å². The van der Waals surface area contributed by atoms with Crippen LogP contribution in [0.2, 0.25) is 0 Å². The van der Waals surface area contributed by atoms with Crippen molar-refractivity contribution >= 4 is 11.6 Å². The van der Waals surface area contributed by atoms with Crippen molar-refractivity contribution in [3.05, 3.63) is 65.7 Å². The Morgan fingerprint density at radius 3 is 2.30 bits per heavy atom. The molecule has 2 rings (SSSR count). The van der Waals surface area contributed by atoms with Crippen LogP contribution in [-0.4, -0.2) is 12.5 Å². The van der Waals surface area contributed by atoms with Gasteiger partial charge in [-0.05, 0) is 36.2 Å². The van der Waals surface area contributed by atoms with E-state index in [9.17, 15) is 4.79 Å². The minimum Gasteiger partial charge on any atom is -0.326 e. The molecular formula is C17H20N2O. The smallest absolute Gasteiger partial charge is 0.221 e. The van der Waals surface area contributed by atoms with Crippen LogP contribution in [0.1, 0.15) is 18.1 Å². The summed E-state index contributed by atoms with van der Waals surface area (Å²) in [5, 5.41) is 6.19. The van der Waals surface area contributed by atoms with E-state index in [1.54, 1.807) is 0 Å². The highest BCUT2D eigenvalue weighted by Gasteiger charge is 1.97. The lowest BCUT2D eigenvalue weighted by molar-refractivity contribution is -0.114. The summed E-state index contributed by atoms with van der Waals surface area (Å²) < 4.78 is 0. The summed E-state index contributed by atoms with van der Waals surface area (Å²) in [7, 11) is 0. The molecule has 1 amide bonds. The second-order valence-electron chi connectivity index (χ2n) is 4.79. The molecular weight excluding hydrogens is 248 g/mol. The van der Waals surface area contributed by atoms with Gasteiger partial charge in [0.05, 0.1) is 0 Å². The normalized spacial score (nSPS) is 10.2. The minimum atomic E-state index is -0.0396. The first-order chi connectivity index (χ1) is 9.74. The van der Waals surface area contributed by atoms with Crippen LogP contribution in [0, 0.1) is 0 Å². The maximum atomic E-state index is 10.9. The highest BCUT2D eigenvalue weighted by Crippen LogP contribution is 2.09.